The van der Waals surface area contributed by atoms with E-state index in [1.807, 2.05) is 46.2 Å². The number of fused-ring (bicyclic) bond motifs is 5. The Bertz CT molecular complexity index is 1400. The molecule has 3 aliphatic heterocycles. The average molecular weight is 588 g/mol. The van der Waals surface area contributed by atoms with Crippen molar-refractivity contribution < 1.29 is 23.9 Å². The van der Waals surface area contributed by atoms with Crippen LogP contribution in [0.5, 0.6) is 5.88 Å². The molecule has 0 radical (unpaired) electrons. The number of amides is 4. The van der Waals surface area contributed by atoms with Crippen LogP contribution in [-0.2, 0) is 33.6 Å². The number of hydrogen-bond donors (Lipinski definition) is 2. The number of pyridine rings is 1. The van der Waals surface area contributed by atoms with Crippen LogP contribution in [0, 0.1) is 11.8 Å². The summed E-state index contributed by atoms with van der Waals surface area (Å²) in [6.07, 6.45) is 5.66. The van der Waals surface area contributed by atoms with E-state index >= 15 is 0 Å². The van der Waals surface area contributed by atoms with Gasteiger partial charge in [0.25, 0.3) is 5.91 Å². The van der Waals surface area contributed by atoms with E-state index in [-0.39, 0.29) is 47.9 Å². The zero-order chi connectivity index (χ0) is 30.1. The molecule has 4 aliphatic rings. The van der Waals surface area contributed by atoms with E-state index in [2.05, 4.69) is 15.6 Å². The van der Waals surface area contributed by atoms with Gasteiger partial charge in [0, 0.05) is 44.2 Å². The third-order valence-electron chi connectivity index (χ3n) is 9.55. The minimum atomic E-state index is -0.755. The minimum absolute atomic E-state index is 0.0618. The van der Waals surface area contributed by atoms with Crippen molar-refractivity contribution in [3.05, 3.63) is 58.8 Å². The van der Waals surface area contributed by atoms with Crippen molar-refractivity contribution in [3.63, 3.8) is 0 Å². The van der Waals surface area contributed by atoms with Gasteiger partial charge < -0.3 is 25.2 Å². The van der Waals surface area contributed by atoms with Gasteiger partial charge in [-0.25, -0.2) is 4.98 Å². The molecule has 3 fully saturated rings. The largest absolute Gasteiger partial charge is 0.480 e. The minimum Gasteiger partial charge on any atom is -0.480 e. The third kappa shape index (κ3) is 6.10. The molecule has 10 nitrogen and oxygen atoms in total. The number of carbonyl (C=O) groups excluding carboxylic acids is 4. The number of nitrogens with zero attached hydrogens (tertiary/aromatic N) is 3. The standard InChI is InChI=1S/C33H41N5O5/c1-20-30(40)35-27(15-21-8-4-3-5-9-21)33(42)38-18-22-14-24(28(38)12-7-13-29(39)34-20)19-37(17-22)32(41)25-16-23-10-6-11-26(23)36-31(25)43-2/h3-5,8-9,16,20,22,24,27-28H,6-7,10-15,17-19H2,1-2H3,(H,34,39)(H,35,40)/t20-,22+,24-,27+,28+/m1/s1. The summed E-state index contributed by atoms with van der Waals surface area (Å²) < 4.78 is 5.56. The van der Waals surface area contributed by atoms with Crippen LogP contribution in [-0.4, -0.2) is 83.3 Å². The normalized spacial score (nSPS) is 27.7. The fourth-order valence-corrected chi connectivity index (χ4v) is 7.47. The van der Waals surface area contributed by atoms with Crippen LogP contribution in [0.25, 0.3) is 0 Å². The number of methoxy groups -OCH3 is 1. The fraction of sp³-hybridized carbons (Fsp3) is 0.545. The molecule has 0 saturated carbocycles. The first-order chi connectivity index (χ1) is 20.8. The van der Waals surface area contributed by atoms with E-state index in [4.69, 9.17) is 4.74 Å². The lowest BCUT2D eigenvalue weighted by Crippen LogP contribution is -2.63. The van der Waals surface area contributed by atoms with Gasteiger partial charge in [0.15, 0.2) is 0 Å². The summed E-state index contributed by atoms with van der Waals surface area (Å²) in [5, 5.41) is 5.74. The van der Waals surface area contributed by atoms with Gasteiger partial charge >= 0.3 is 0 Å². The molecule has 43 heavy (non-hydrogen) atoms. The molecule has 228 valence electrons. The summed E-state index contributed by atoms with van der Waals surface area (Å²) >= 11 is 0. The molecule has 0 unspecified atom stereocenters. The predicted molar refractivity (Wildman–Crippen MR) is 159 cm³/mol. The van der Waals surface area contributed by atoms with Gasteiger partial charge in [0.05, 0.1) is 7.11 Å². The molecule has 4 amide bonds. The smallest absolute Gasteiger partial charge is 0.259 e. The molecule has 5 atom stereocenters. The van der Waals surface area contributed by atoms with E-state index < -0.39 is 12.1 Å². The second-order valence-electron chi connectivity index (χ2n) is 12.6. The molecule has 6 rings (SSSR count). The van der Waals surface area contributed by atoms with Crippen molar-refractivity contribution >= 4 is 23.6 Å². The van der Waals surface area contributed by atoms with Crippen LogP contribution in [0.1, 0.15) is 66.2 Å². The lowest BCUT2D eigenvalue weighted by atomic mass is 9.77. The van der Waals surface area contributed by atoms with Crippen LogP contribution in [0.3, 0.4) is 0 Å². The Morgan fingerprint density at radius 2 is 1.84 bits per heavy atom. The Balaban J connectivity index is 1.27. The van der Waals surface area contributed by atoms with Crippen LogP contribution in [0.4, 0.5) is 0 Å². The molecule has 10 heteroatoms. The van der Waals surface area contributed by atoms with Crippen molar-refractivity contribution in [1.82, 2.24) is 25.4 Å². The SMILES string of the molecule is COc1nc2c(cc1C(=O)N1C[C@@H]3C[C@H](C1)[C@@H]1CCCC(=O)N[C@H](C)C(=O)N[C@@H](Cc4ccccc4)C(=O)N1C3)CCC2. The van der Waals surface area contributed by atoms with Crippen LogP contribution in [0.2, 0.25) is 0 Å². The number of nitrogens with one attached hydrogen (secondary N) is 2. The average Bonchev–Trinajstić information content (AvgIpc) is 3.47. The number of carbonyl (C=O) groups is 4. The van der Waals surface area contributed by atoms with E-state index in [9.17, 15) is 19.2 Å². The van der Waals surface area contributed by atoms with Gasteiger partial charge in [-0.05, 0) is 74.5 Å². The van der Waals surface area contributed by atoms with Gasteiger partial charge in [-0.2, -0.15) is 0 Å². The number of ether oxygens (including phenoxy) is 1. The maximum Gasteiger partial charge on any atom is 0.259 e. The molecule has 2 bridgehead atoms. The number of piperidine rings is 2. The van der Waals surface area contributed by atoms with E-state index in [0.29, 0.717) is 50.3 Å². The first-order valence-corrected chi connectivity index (χ1v) is 15.6. The summed E-state index contributed by atoms with van der Waals surface area (Å²) in [7, 11) is 1.56. The summed E-state index contributed by atoms with van der Waals surface area (Å²) in [5.41, 5.74) is 3.59. The maximum absolute atomic E-state index is 14.3. The quantitative estimate of drug-likeness (QED) is 0.567. The number of aryl methyl sites for hydroxylation is 2. The predicted octanol–water partition coefficient (Wildman–Crippen LogP) is 2.28. The van der Waals surface area contributed by atoms with Crippen LogP contribution in [0.15, 0.2) is 36.4 Å². The number of rotatable bonds is 4. The first kappa shape index (κ1) is 29.1. The molecule has 4 heterocycles. The van der Waals surface area contributed by atoms with Crippen molar-refractivity contribution in [2.75, 3.05) is 26.7 Å². The lowest BCUT2D eigenvalue weighted by Gasteiger charge is -2.51. The van der Waals surface area contributed by atoms with Crippen LogP contribution >= 0.6 is 0 Å². The second kappa shape index (κ2) is 12.3. The molecule has 0 spiro atoms. The Kier molecular flexibility index (Phi) is 8.36. The summed E-state index contributed by atoms with van der Waals surface area (Å²) in [6.45, 7) is 3.21. The zero-order valence-corrected chi connectivity index (χ0v) is 25.0. The highest BCUT2D eigenvalue weighted by molar-refractivity contribution is 5.97. The molecule has 3 saturated heterocycles. The van der Waals surface area contributed by atoms with Gasteiger partial charge in [-0.1, -0.05) is 30.3 Å². The number of hydrogen-bond acceptors (Lipinski definition) is 6. The van der Waals surface area contributed by atoms with Crippen molar-refractivity contribution in [1.29, 1.82) is 0 Å². The molecule has 2 aromatic rings. The zero-order valence-electron chi connectivity index (χ0n) is 25.0. The van der Waals surface area contributed by atoms with E-state index in [1.165, 1.54) is 0 Å². The molecule has 1 aromatic heterocycles. The molecular formula is C33H41N5O5. The summed E-state index contributed by atoms with van der Waals surface area (Å²) in [6, 6.07) is 10.0. The first-order valence-electron chi connectivity index (χ1n) is 15.6. The van der Waals surface area contributed by atoms with Gasteiger partial charge in [-0.3, -0.25) is 19.2 Å². The van der Waals surface area contributed by atoms with Crippen molar-refractivity contribution in [3.8, 4) is 5.88 Å². The van der Waals surface area contributed by atoms with E-state index in [0.717, 1.165) is 42.5 Å². The van der Waals surface area contributed by atoms with Gasteiger partial charge in [0.1, 0.15) is 17.6 Å². The Morgan fingerprint density at radius 1 is 1.02 bits per heavy atom. The summed E-state index contributed by atoms with van der Waals surface area (Å²) in [5.74, 6) is -0.170. The second-order valence-corrected chi connectivity index (χ2v) is 12.6. The molecule has 1 aromatic carbocycles. The van der Waals surface area contributed by atoms with Gasteiger partial charge in [-0.15, -0.1) is 0 Å². The Hall–Kier alpha value is -3.95. The molecular weight excluding hydrogens is 546 g/mol. The Morgan fingerprint density at radius 3 is 2.63 bits per heavy atom. The Labute approximate surface area is 252 Å². The number of benzene rings is 1. The molecule has 1 aliphatic carbocycles. The van der Waals surface area contributed by atoms with E-state index in [1.54, 1.807) is 14.0 Å². The lowest BCUT2D eigenvalue weighted by molar-refractivity contribution is -0.145. The number of aromatic nitrogens is 1. The molecule has 2 N–H and O–H groups in total. The van der Waals surface area contributed by atoms with Crippen molar-refractivity contribution in [2.45, 2.75) is 76.4 Å². The third-order valence-corrected chi connectivity index (χ3v) is 9.55. The highest BCUT2D eigenvalue weighted by Gasteiger charge is 2.45. The highest BCUT2D eigenvalue weighted by atomic mass is 16.5. The number of likely N-dealkylation sites (tertiary alicyclic amines) is 1. The monoisotopic (exact) mass is 587 g/mol. The van der Waals surface area contributed by atoms with Gasteiger partial charge in [0.2, 0.25) is 23.6 Å². The summed E-state index contributed by atoms with van der Waals surface area (Å²) in [4.78, 5) is 62.5. The van der Waals surface area contributed by atoms with Crippen LogP contribution < -0.4 is 15.4 Å². The fourth-order valence-electron chi connectivity index (χ4n) is 7.47. The topological polar surface area (TPSA) is 121 Å². The highest BCUT2D eigenvalue weighted by Crippen LogP contribution is 2.37. The van der Waals surface area contributed by atoms with Crippen molar-refractivity contribution in [2.24, 2.45) is 11.8 Å². The maximum atomic E-state index is 14.3.